The molecule has 1 amide bonds. The van der Waals surface area contributed by atoms with Gasteiger partial charge in [0.05, 0.1) is 6.61 Å². The molecule has 0 radical (unpaired) electrons. The molecule has 1 aromatic carbocycles. The number of nitriles is 1. The number of esters is 1. The van der Waals surface area contributed by atoms with Gasteiger partial charge >= 0.3 is 5.97 Å². The van der Waals surface area contributed by atoms with Crippen LogP contribution in [-0.2, 0) is 20.9 Å². The van der Waals surface area contributed by atoms with Crippen LogP contribution >= 0.6 is 11.6 Å². The highest BCUT2D eigenvalue weighted by Gasteiger charge is 2.09. The third-order valence-corrected chi connectivity index (χ3v) is 2.93. The molecule has 0 aliphatic heterocycles. The molecule has 0 saturated carbocycles. The van der Waals surface area contributed by atoms with Gasteiger partial charge in [-0.25, -0.2) is 0 Å². The first kappa shape index (κ1) is 17.5. The highest BCUT2D eigenvalue weighted by atomic mass is 35.5. The Hall–Kier alpha value is -2.52. The minimum Gasteiger partial charge on any atom is -0.465 e. The lowest BCUT2D eigenvalue weighted by molar-refractivity contribution is -0.141. The SMILES string of the molecule is CCOC(=O)CN/C=C(/C#N)C(=O)NCc1ccccc1Cl. The standard InChI is InChI=1S/C15H16ClN3O3/c1-2-22-14(20)10-18-8-12(7-17)15(21)19-9-11-5-3-4-6-13(11)16/h3-6,8,18H,2,9-10H2,1H3,(H,19,21)/b12-8-. The van der Waals surface area contributed by atoms with E-state index >= 15 is 0 Å². The van der Waals surface area contributed by atoms with E-state index < -0.39 is 11.9 Å². The average Bonchev–Trinajstić information content (AvgIpc) is 2.51. The summed E-state index contributed by atoms with van der Waals surface area (Å²) in [5.41, 5.74) is 0.602. The van der Waals surface area contributed by atoms with Crippen molar-refractivity contribution >= 4 is 23.5 Å². The summed E-state index contributed by atoms with van der Waals surface area (Å²) in [6, 6.07) is 8.83. The largest absolute Gasteiger partial charge is 0.465 e. The van der Waals surface area contributed by atoms with Crippen LogP contribution in [0.1, 0.15) is 12.5 Å². The van der Waals surface area contributed by atoms with Crippen molar-refractivity contribution in [1.82, 2.24) is 10.6 Å². The zero-order chi connectivity index (χ0) is 16.4. The molecule has 0 aromatic heterocycles. The van der Waals surface area contributed by atoms with Crippen LogP contribution in [0.4, 0.5) is 0 Å². The lowest BCUT2D eigenvalue weighted by Gasteiger charge is -2.06. The number of hydrogen-bond donors (Lipinski definition) is 2. The van der Waals surface area contributed by atoms with E-state index in [1.165, 1.54) is 6.20 Å². The predicted molar refractivity (Wildman–Crippen MR) is 81.6 cm³/mol. The van der Waals surface area contributed by atoms with Gasteiger partial charge in [0, 0.05) is 17.8 Å². The molecule has 2 N–H and O–H groups in total. The van der Waals surface area contributed by atoms with Crippen LogP contribution in [0.3, 0.4) is 0 Å². The van der Waals surface area contributed by atoms with Crippen molar-refractivity contribution in [3.8, 4) is 6.07 Å². The Morgan fingerprint density at radius 3 is 2.77 bits per heavy atom. The smallest absolute Gasteiger partial charge is 0.325 e. The molecule has 22 heavy (non-hydrogen) atoms. The summed E-state index contributed by atoms with van der Waals surface area (Å²) in [5.74, 6) is -1.02. The van der Waals surface area contributed by atoms with Crippen molar-refractivity contribution in [2.45, 2.75) is 13.5 Å². The summed E-state index contributed by atoms with van der Waals surface area (Å²) in [7, 11) is 0. The van der Waals surface area contributed by atoms with Crippen molar-refractivity contribution in [3.63, 3.8) is 0 Å². The maximum atomic E-state index is 11.9. The Bertz CT molecular complexity index is 608. The second-order valence-corrected chi connectivity index (χ2v) is 4.54. The van der Waals surface area contributed by atoms with E-state index in [2.05, 4.69) is 10.6 Å². The van der Waals surface area contributed by atoms with Gasteiger partial charge in [-0.1, -0.05) is 29.8 Å². The third kappa shape index (κ3) is 5.85. The number of ether oxygens (including phenoxy) is 1. The number of hydrogen-bond acceptors (Lipinski definition) is 5. The Morgan fingerprint density at radius 1 is 1.41 bits per heavy atom. The molecule has 0 aliphatic rings. The molecular weight excluding hydrogens is 306 g/mol. The number of amides is 1. The number of carbonyl (C=O) groups excluding carboxylic acids is 2. The molecule has 0 unspecified atom stereocenters. The first-order valence-electron chi connectivity index (χ1n) is 6.59. The van der Waals surface area contributed by atoms with Crippen LogP contribution in [-0.4, -0.2) is 25.0 Å². The molecule has 0 heterocycles. The zero-order valence-electron chi connectivity index (χ0n) is 12.1. The van der Waals surface area contributed by atoms with Gasteiger partial charge in [0.1, 0.15) is 18.2 Å². The second kappa shape index (κ2) is 9.42. The lowest BCUT2D eigenvalue weighted by Crippen LogP contribution is -2.26. The fraction of sp³-hybridized carbons (Fsp3) is 0.267. The summed E-state index contributed by atoms with van der Waals surface area (Å²) in [5, 5.41) is 14.6. The predicted octanol–water partition coefficient (Wildman–Crippen LogP) is 1.52. The summed E-state index contributed by atoms with van der Waals surface area (Å²) in [6.45, 7) is 2.05. The number of benzene rings is 1. The number of halogens is 1. The quantitative estimate of drug-likeness (QED) is 0.451. The molecule has 6 nitrogen and oxygen atoms in total. The van der Waals surface area contributed by atoms with Gasteiger partial charge < -0.3 is 15.4 Å². The Morgan fingerprint density at radius 2 is 2.14 bits per heavy atom. The zero-order valence-corrected chi connectivity index (χ0v) is 12.8. The van der Waals surface area contributed by atoms with Crippen molar-refractivity contribution in [2.24, 2.45) is 0 Å². The summed E-state index contributed by atoms with van der Waals surface area (Å²) in [4.78, 5) is 23.0. The van der Waals surface area contributed by atoms with Crippen molar-refractivity contribution in [3.05, 3.63) is 46.6 Å². The molecule has 0 fully saturated rings. The van der Waals surface area contributed by atoms with E-state index in [1.54, 1.807) is 37.3 Å². The summed E-state index contributed by atoms with van der Waals surface area (Å²) in [6.07, 6.45) is 1.18. The number of rotatable bonds is 7. The van der Waals surface area contributed by atoms with Crippen LogP contribution in [0.15, 0.2) is 36.0 Å². The van der Waals surface area contributed by atoms with Gasteiger partial charge in [0.2, 0.25) is 0 Å². The Kier molecular flexibility index (Phi) is 7.51. The minimum absolute atomic E-state index is 0.114. The molecule has 0 bridgehead atoms. The van der Waals surface area contributed by atoms with E-state index in [4.69, 9.17) is 21.6 Å². The number of nitrogens with one attached hydrogen (secondary N) is 2. The van der Waals surface area contributed by atoms with Crippen LogP contribution < -0.4 is 10.6 Å². The van der Waals surface area contributed by atoms with Gasteiger partial charge in [-0.3, -0.25) is 9.59 Å². The second-order valence-electron chi connectivity index (χ2n) is 4.13. The summed E-state index contributed by atoms with van der Waals surface area (Å²) >= 11 is 5.97. The van der Waals surface area contributed by atoms with Gasteiger partial charge in [-0.15, -0.1) is 0 Å². The molecule has 116 valence electrons. The molecule has 0 saturated heterocycles. The first-order valence-corrected chi connectivity index (χ1v) is 6.97. The average molecular weight is 322 g/mol. The summed E-state index contributed by atoms with van der Waals surface area (Å²) < 4.78 is 4.71. The molecule has 1 aromatic rings. The van der Waals surface area contributed by atoms with Gasteiger partial charge in [-0.2, -0.15) is 5.26 Å². The van der Waals surface area contributed by atoms with E-state index in [0.29, 0.717) is 5.02 Å². The Labute approximate surface area is 133 Å². The van der Waals surface area contributed by atoms with Crippen LogP contribution in [0, 0.1) is 11.3 Å². The molecule has 0 aliphatic carbocycles. The molecule has 1 rings (SSSR count). The van der Waals surface area contributed by atoms with Crippen molar-refractivity contribution in [2.75, 3.05) is 13.2 Å². The third-order valence-electron chi connectivity index (χ3n) is 2.56. The van der Waals surface area contributed by atoms with Crippen LogP contribution in [0.2, 0.25) is 5.02 Å². The van der Waals surface area contributed by atoms with Gasteiger partial charge in [0.25, 0.3) is 5.91 Å². The molecular formula is C15H16ClN3O3. The van der Waals surface area contributed by atoms with E-state index in [-0.39, 0.29) is 25.3 Å². The van der Waals surface area contributed by atoms with Crippen LogP contribution in [0.25, 0.3) is 0 Å². The van der Waals surface area contributed by atoms with Gasteiger partial charge in [0.15, 0.2) is 0 Å². The van der Waals surface area contributed by atoms with E-state index in [0.717, 1.165) is 5.56 Å². The first-order chi connectivity index (χ1) is 10.6. The fourth-order valence-electron chi connectivity index (χ4n) is 1.51. The molecule has 0 spiro atoms. The normalized spacial score (nSPS) is 10.5. The minimum atomic E-state index is -0.557. The monoisotopic (exact) mass is 321 g/mol. The topological polar surface area (TPSA) is 91.2 Å². The molecule has 0 atom stereocenters. The molecule has 7 heteroatoms. The van der Waals surface area contributed by atoms with Crippen molar-refractivity contribution in [1.29, 1.82) is 5.26 Å². The maximum Gasteiger partial charge on any atom is 0.325 e. The van der Waals surface area contributed by atoms with Gasteiger partial charge in [-0.05, 0) is 18.6 Å². The Balaban J connectivity index is 2.53. The van der Waals surface area contributed by atoms with E-state index in [1.807, 2.05) is 0 Å². The number of nitrogens with zero attached hydrogens (tertiary/aromatic N) is 1. The maximum absolute atomic E-state index is 11.9. The highest BCUT2D eigenvalue weighted by Crippen LogP contribution is 2.14. The van der Waals surface area contributed by atoms with Crippen molar-refractivity contribution < 1.29 is 14.3 Å². The van der Waals surface area contributed by atoms with Crippen LogP contribution in [0.5, 0.6) is 0 Å². The lowest BCUT2D eigenvalue weighted by atomic mass is 10.2. The fourth-order valence-corrected chi connectivity index (χ4v) is 1.71. The number of carbonyl (C=O) groups is 2. The highest BCUT2D eigenvalue weighted by molar-refractivity contribution is 6.31. The van der Waals surface area contributed by atoms with E-state index in [9.17, 15) is 9.59 Å².